The van der Waals surface area contributed by atoms with Crippen LogP contribution in [0.15, 0.2) is 0 Å². The maximum Gasteiger partial charge on any atom is 0.0815 e. The van der Waals surface area contributed by atoms with E-state index in [1.807, 2.05) is 0 Å². The predicted octanol–water partition coefficient (Wildman–Crippen LogP) is 1.43. The first-order chi connectivity index (χ1) is 9.18. The summed E-state index contributed by atoms with van der Waals surface area (Å²) in [7, 11) is 0. The second-order valence-electron chi connectivity index (χ2n) is 6.35. The lowest BCUT2D eigenvalue weighted by molar-refractivity contribution is -0.0627. The summed E-state index contributed by atoms with van der Waals surface area (Å²) in [4.78, 5) is 0. The molecule has 0 aliphatic carbocycles. The molecule has 0 aromatic rings. The Kier molecular flexibility index (Phi) is 6.07. The summed E-state index contributed by atoms with van der Waals surface area (Å²) in [5.41, 5.74) is -0.552. The molecule has 2 rings (SSSR count). The minimum atomic E-state index is -0.552. The van der Waals surface area contributed by atoms with E-state index < -0.39 is 5.60 Å². The first-order valence-electron chi connectivity index (χ1n) is 7.95. The van der Waals surface area contributed by atoms with E-state index in [4.69, 9.17) is 4.74 Å². The summed E-state index contributed by atoms with van der Waals surface area (Å²) in [6.07, 6.45) is 8.01. The Morgan fingerprint density at radius 3 is 2.89 bits per heavy atom. The zero-order chi connectivity index (χ0) is 13.6. The van der Waals surface area contributed by atoms with Gasteiger partial charge < -0.3 is 20.5 Å². The Morgan fingerprint density at radius 2 is 2.11 bits per heavy atom. The predicted molar refractivity (Wildman–Crippen MR) is 77.3 cm³/mol. The standard InChI is InChI=1S/C15H30N2O2/c1-13(11-14-5-3-2-4-8-16-14)17-12-15(18)6-9-19-10-7-15/h13-14,16-18H,2-12H2,1H3. The van der Waals surface area contributed by atoms with Crippen molar-refractivity contribution in [3.8, 4) is 0 Å². The van der Waals surface area contributed by atoms with Crippen molar-refractivity contribution >= 4 is 0 Å². The molecule has 0 aromatic heterocycles. The molecule has 2 aliphatic rings. The lowest BCUT2D eigenvalue weighted by atomic mass is 9.93. The van der Waals surface area contributed by atoms with E-state index >= 15 is 0 Å². The van der Waals surface area contributed by atoms with Crippen LogP contribution in [0.5, 0.6) is 0 Å². The lowest BCUT2D eigenvalue weighted by Crippen LogP contribution is -2.48. The highest BCUT2D eigenvalue weighted by Gasteiger charge is 2.30. The van der Waals surface area contributed by atoms with E-state index in [-0.39, 0.29) is 0 Å². The first kappa shape index (κ1) is 15.2. The summed E-state index contributed by atoms with van der Waals surface area (Å²) in [6, 6.07) is 1.11. The van der Waals surface area contributed by atoms with Gasteiger partial charge in [-0.25, -0.2) is 0 Å². The molecule has 0 spiro atoms. The fraction of sp³-hybridized carbons (Fsp3) is 1.00. The second kappa shape index (κ2) is 7.58. The molecule has 2 heterocycles. The summed E-state index contributed by atoms with van der Waals surface area (Å²) < 4.78 is 5.31. The van der Waals surface area contributed by atoms with Gasteiger partial charge in [-0.15, -0.1) is 0 Å². The molecule has 0 aromatic carbocycles. The number of aliphatic hydroxyl groups is 1. The van der Waals surface area contributed by atoms with E-state index in [2.05, 4.69) is 17.6 Å². The molecule has 2 fully saturated rings. The van der Waals surface area contributed by atoms with Gasteiger partial charge in [0.2, 0.25) is 0 Å². The molecule has 2 atom stereocenters. The zero-order valence-electron chi connectivity index (χ0n) is 12.3. The molecule has 2 aliphatic heterocycles. The summed E-state index contributed by atoms with van der Waals surface area (Å²) >= 11 is 0. The van der Waals surface area contributed by atoms with Gasteiger partial charge >= 0.3 is 0 Å². The van der Waals surface area contributed by atoms with Crippen LogP contribution in [0.4, 0.5) is 0 Å². The van der Waals surface area contributed by atoms with Crippen molar-refractivity contribution in [3.63, 3.8) is 0 Å². The molecule has 2 saturated heterocycles. The van der Waals surface area contributed by atoms with Gasteiger partial charge in [0.15, 0.2) is 0 Å². The lowest BCUT2D eigenvalue weighted by Gasteiger charge is -2.33. The quantitative estimate of drug-likeness (QED) is 0.707. The number of nitrogens with one attached hydrogen (secondary N) is 2. The van der Waals surface area contributed by atoms with Crippen molar-refractivity contribution in [2.75, 3.05) is 26.3 Å². The fourth-order valence-corrected chi connectivity index (χ4v) is 3.10. The van der Waals surface area contributed by atoms with E-state index in [0.29, 0.717) is 31.8 Å². The normalized spacial score (nSPS) is 29.7. The van der Waals surface area contributed by atoms with Crippen LogP contribution in [0.2, 0.25) is 0 Å². The van der Waals surface area contributed by atoms with Gasteiger partial charge in [0, 0.05) is 44.7 Å². The Labute approximate surface area is 117 Å². The Hall–Kier alpha value is -0.160. The Morgan fingerprint density at radius 1 is 1.32 bits per heavy atom. The molecule has 19 heavy (non-hydrogen) atoms. The molecule has 0 saturated carbocycles. The average Bonchev–Trinajstić information content (AvgIpc) is 2.66. The number of ether oxygens (including phenoxy) is 1. The third-order valence-corrected chi connectivity index (χ3v) is 4.50. The van der Waals surface area contributed by atoms with Crippen LogP contribution >= 0.6 is 0 Å². The van der Waals surface area contributed by atoms with Crippen LogP contribution in [0.25, 0.3) is 0 Å². The third-order valence-electron chi connectivity index (χ3n) is 4.50. The SMILES string of the molecule is CC(CC1CCCCCN1)NCC1(O)CCOCC1. The smallest absolute Gasteiger partial charge is 0.0815 e. The highest BCUT2D eigenvalue weighted by atomic mass is 16.5. The zero-order valence-corrected chi connectivity index (χ0v) is 12.3. The van der Waals surface area contributed by atoms with Gasteiger partial charge in [0.1, 0.15) is 0 Å². The Balaban J connectivity index is 1.66. The third kappa shape index (κ3) is 5.38. The summed E-state index contributed by atoms with van der Waals surface area (Å²) in [5, 5.41) is 17.6. The van der Waals surface area contributed by atoms with Crippen LogP contribution in [0.1, 0.15) is 51.9 Å². The van der Waals surface area contributed by atoms with Gasteiger partial charge in [0.05, 0.1) is 5.60 Å². The maximum atomic E-state index is 10.4. The molecule has 4 heteroatoms. The topological polar surface area (TPSA) is 53.5 Å². The van der Waals surface area contributed by atoms with Crippen LogP contribution in [0.3, 0.4) is 0 Å². The Bertz CT molecular complexity index is 247. The molecule has 0 radical (unpaired) electrons. The molecule has 2 unspecified atom stereocenters. The van der Waals surface area contributed by atoms with Gasteiger partial charge in [-0.3, -0.25) is 0 Å². The summed E-state index contributed by atoms with van der Waals surface area (Å²) in [6.45, 7) is 5.48. The van der Waals surface area contributed by atoms with Gasteiger partial charge in [-0.2, -0.15) is 0 Å². The molecule has 112 valence electrons. The van der Waals surface area contributed by atoms with Crippen molar-refractivity contribution in [2.24, 2.45) is 0 Å². The fourth-order valence-electron chi connectivity index (χ4n) is 3.10. The van der Waals surface area contributed by atoms with Crippen molar-refractivity contribution < 1.29 is 9.84 Å². The van der Waals surface area contributed by atoms with Gasteiger partial charge in [-0.1, -0.05) is 12.8 Å². The minimum Gasteiger partial charge on any atom is -0.388 e. The van der Waals surface area contributed by atoms with Crippen molar-refractivity contribution in [1.82, 2.24) is 10.6 Å². The van der Waals surface area contributed by atoms with E-state index in [9.17, 15) is 5.11 Å². The average molecular weight is 270 g/mol. The molecule has 4 nitrogen and oxygen atoms in total. The molecule has 3 N–H and O–H groups in total. The van der Waals surface area contributed by atoms with E-state index in [0.717, 1.165) is 19.3 Å². The van der Waals surface area contributed by atoms with Crippen LogP contribution in [0, 0.1) is 0 Å². The van der Waals surface area contributed by atoms with Crippen molar-refractivity contribution in [3.05, 3.63) is 0 Å². The number of rotatable bonds is 5. The van der Waals surface area contributed by atoms with Gasteiger partial charge in [0.25, 0.3) is 0 Å². The van der Waals surface area contributed by atoms with Crippen molar-refractivity contribution in [2.45, 2.75) is 69.6 Å². The second-order valence-corrected chi connectivity index (χ2v) is 6.35. The first-order valence-corrected chi connectivity index (χ1v) is 7.95. The largest absolute Gasteiger partial charge is 0.388 e. The monoisotopic (exact) mass is 270 g/mol. The van der Waals surface area contributed by atoms with Crippen LogP contribution in [-0.4, -0.2) is 49.1 Å². The van der Waals surface area contributed by atoms with Gasteiger partial charge in [-0.05, 0) is 32.7 Å². The van der Waals surface area contributed by atoms with E-state index in [1.54, 1.807) is 0 Å². The molecule has 0 bridgehead atoms. The highest BCUT2D eigenvalue weighted by molar-refractivity contribution is 4.85. The summed E-state index contributed by atoms with van der Waals surface area (Å²) in [5.74, 6) is 0. The van der Waals surface area contributed by atoms with Crippen LogP contribution in [-0.2, 0) is 4.74 Å². The highest BCUT2D eigenvalue weighted by Crippen LogP contribution is 2.20. The van der Waals surface area contributed by atoms with E-state index in [1.165, 1.54) is 32.2 Å². The molecular weight excluding hydrogens is 240 g/mol. The molecular formula is C15H30N2O2. The van der Waals surface area contributed by atoms with Crippen molar-refractivity contribution in [1.29, 1.82) is 0 Å². The minimum absolute atomic E-state index is 0.461. The van der Waals surface area contributed by atoms with Crippen LogP contribution < -0.4 is 10.6 Å². The number of hydrogen-bond acceptors (Lipinski definition) is 4. The maximum absolute atomic E-state index is 10.4. The molecule has 0 amide bonds. The number of hydrogen-bond donors (Lipinski definition) is 3.